The molecule has 1 unspecified atom stereocenters. The molecule has 1 fully saturated rings. The fourth-order valence-corrected chi connectivity index (χ4v) is 3.36. The van der Waals surface area contributed by atoms with E-state index in [-0.39, 0.29) is 23.5 Å². The first-order valence-corrected chi connectivity index (χ1v) is 9.54. The van der Waals surface area contributed by atoms with Crippen LogP contribution in [0.3, 0.4) is 0 Å². The highest BCUT2D eigenvalue weighted by atomic mass is 19.1. The van der Waals surface area contributed by atoms with Gasteiger partial charge in [-0.3, -0.25) is 9.59 Å². The van der Waals surface area contributed by atoms with Crippen LogP contribution in [-0.2, 0) is 4.79 Å². The van der Waals surface area contributed by atoms with Gasteiger partial charge in [0, 0.05) is 31.6 Å². The van der Waals surface area contributed by atoms with E-state index in [4.69, 9.17) is 4.74 Å². The topological polar surface area (TPSA) is 58.6 Å². The van der Waals surface area contributed by atoms with Crippen LogP contribution in [0, 0.1) is 5.82 Å². The lowest BCUT2D eigenvalue weighted by atomic mass is 10.0. The van der Waals surface area contributed by atoms with Crippen LogP contribution < -0.4 is 10.1 Å². The number of piperazine rings is 1. The van der Waals surface area contributed by atoms with Gasteiger partial charge < -0.3 is 15.0 Å². The smallest absolute Gasteiger partial charge is 0.223 e. The first kappa shape index (κ1) is 20.0. The van der Waals surface area contributed by atoms with Crippen molar-refractivity contribution in [3.8, 4) is 5.75 Å². The molecule has 5 nitrogen and oxygen atoms in total. The van der Waals surface area contributed by atoms with Crippen LogP contribution in [0.25, 0.3) is 0 Å². The number of benzene rings is 2. The fourth-order valence-electron chi connectivity index (χ4n) is 3.36. The van der Waals surface area contributed by atoms with Crippen LogP contribution in [0.5, 0.6) is 5.75 Å². The van der Waals surface area contributed by atoms with Gasteiger partial charge in [0.15, 0.2) is 5.78 Å². The van der Waals surface area contributed by atoms with Gasteiger partial charge in [-0.1, -0.05) is 12.1 Å². The number of carbonyl (C=O) groups excluding carboxylic acids is 2. The molecule has 2 aromatic carbocycles. The molecule has 0 aromatic heterocycles. The second kappa shape index (κ2) is 9.46. The lowest BCUT2D eigenvalue weighted by molar-refractivity contribution is -0.134. The van der Waals surface area contributed by atoms with Gasteiger partial charge in [0.05, 0.1) is 12.6 Å². The zero-order valence-electron chi connectivity index (χ0n) is 16.0. The Balaban J connectivity index is 1.51. The van der Waals surface area contributed by atoms with E-state index < -0.39 is 0 Å². The van der Waals surface area contributed by atoms with E-state index in [0.29, 0.717) is 43.9 Å². The number of ketones is 1. The molecule has 0 spiro atoms. The van der Waals surface area contributed by atoms with Gasteiger partial charge >= 0.3 is 0 Å². The Morgan fingerprint density at radius 2 is 2.00 bits per heavy atom. The molecule has 0 saturated carbocycles. The van der Waals surface area contributed by atoms with Crippen molar-refractivity contribution in [2.45, 2.75) is 25.8 Å². The Morgan fingerprint density at radius 1 is 1.21 bits per heavy atom. The summed E-state index contributed by atoms with van der Waals surface area (Å²) >= 11 is 0. The van der Waals surface area contributed by atoms with Crippen molar-refractivity contribution in [2.24, 2.45) is 0 Å². The second-order valence-corrected chi connectivity index (χ2v) is 6.89. The van der Waals surface area contributed by atoms with Crippen molar-refractivity contribution in [3.63, 3.8) is 0 Å². The van der Waals surface area contributed by atoms with Crippen molar-refractivity contribution < 1.29 is 18.7 Å². The quantitative estimate of drug-likeness (QED) is 0.587. The summed E-state index contributed by atoms with van der Waals surface area (Å²) in [4.78, 5) is 25.8. The highest BCUT2D eigenvalue weighted by Crippen LogP contribution is 2.24. The molecule has 3 rings (SSSR count). The normalized spacial score (nSPS) is 16.6. The molecule has 28 heavy (non-hydrogen) atoms. The number of amides is 1. The molecule has 1 aliphatic heterocycles. The van der Waals surface area contributed by atoms with E-state index in [1.165, 1.54) is 19.1 Å². The van der Waals surface area contributed by atoms with Gasteiger partial charge in [0.25, 0.3) is 0 Å². The van der Waals surface area contributed by atoms with Crippen molar-refractivity contribution in [1.82, 2.24) is 10.2 Å². The molecular weight excluding hydrogens is 359 g/mol. The van der Waals surface area contributed by atoms with E-state index in [1.807, 2.05) is 11.0 Å². The third-order valence-corrected chi connectivity index (χ3v) is 4.86. The second-order valence-electron chi connectivity index (χ2n) is 6.89. The standard InChI is InChI=1S/C22H25FN2O3/c1-16(26)17-7-9-20(10-8-17)28-13-3-6-22(27)25-12-11-24-15-21(25)18-4-2-5-19(23)14-18/h2,4-5,7-10,14,21,24H,3,6,11-13,15H2,1H3. The number of hydrogen-bond acceptors (Lipinski definition) is 4. The Kier molecular flexibility index (Phi) is 6.76. The summed E-state index contributed by atoms with van der Waals surface area (Å²) in [7, 11) is 0. The van der Waals surface area contributed by atoms with Crippen molar-refractivity contribution in [1.29, 1.82) is 0 Å². The van der Waals surface area contributed by atoms with Gasteiger partial charge in [-0.05, 0) is 55.3 Å². The highest BCUT2D eigenvalue weighted by Gasteiger charge is 2.27. The van der Waals surface area contributed by atoms with Crippen LogP contribution in [-0.4, -0.2) is 42.8 Å². The predicted octanol–water partition coefficient (Wildman–Crippen LogP) is 3.36. The molecule has 6 heteroatoms. The summed E-state index contributed by atoms with van der Waals surface area (Å²) in [6.07, 6.45) is 0.963. The molecule has 1 heterocycles. The minimum atomic E-state index is -0.292. The van der Waals surface area contributed by atoms with E-state index in [0.717, 1.165) is 12.1 Å². The molecule has 1 saturated heterocycles. The number of halogens is 1. The maximum Gasteiger partial charge on any atom is 0.223 e. The number of nitrogens with one attached hydrogen (secondary N) is 1. The number of rotatable bonds is 7. The summed E-state index contributed by atoms with van der Waals surface area (Å²) in [5.41, 5.74) is 1.45. The molecule has 1 N–H and O–H groups in total. The molecule has 0 bridgehead atoms. The Bertz CT molecular complexity index is 823. The SMILES string of the molecule is CC(=O)c1ccc(OCCCC(=O)N2CCNCC2c2cccc(F)c2)cc1. The third kappa shape index (κ3) is 5.16. The fraction of sp³-hybridized carbons (Fsp3) is 0.364. The lowest BCUT2D eigenvalue weighted by Gasteiger charge is -2.36. The zero-order chi connectivity index (χ0) is 19.9. The number of carbonyl (C=O) groups is 2. The van der Waals surface area contributed by atoms with E-state index in [2.05, 4.69) is 5.32 Å². The molecule has 2 aromatic rings. The molecule has 0 radical (unpaired) electrons. The summed E-state index contributed by atoms with van der Waals surface area (Å²) in [5.74, 6) is 0.448. The van der Waals surface area contributed by atoms with E-state index >= 15 is 0 Å². The highest BCUT2D eigenvalue weighted by molar-refractivity contribution is 5.94. The van der Waals surface area contributed by atoms with Crippen LogP contribution in [0.15, 0.2) is 48.5 Å². The van der Waals surface area contributed by atoms with Crippen molar-refractivity contribution in [2.75, 3.05) is 26.2 Å². The summed E-state index contributed by atoms with van der Waals surface area (Å²) in [6.45, 7) is 3.90. The number of Topliss-reactive ketones (excluding diaryl/α,β-unsaturated/α-hetero) is 1. The van der Waals surface area contributed by atoms with Gasteiger partial charge in [0.2, 0.25) is 5.91 Å². The molecule has 148 valence electrons. The number of ether oxygens (including phenoxy) is 1. The molecule has 1 aliphatic rings. The van der Waals surface area contributed by atoms with Crippen LogP contribution in [0.4, 0.5) is 4.39 Å². The average Bonchev–Trinajstić information content (AvgIpc) is 2.71. The Hall–Kier alpha value is -2.73. The van der Waals surface area contributed by atoms with Crippen molar-refractivity contribution >= 4 is 11.7 Å². The van der Waals surface area contributed by atoms with E-state index in [1.54, 1.807) is 30.3 Å². The Labute approximate surface area is 164 Å². The maximum atomic E-state index is 13.6. The lowest BCUT2D eigenvalue weighted by Crippen LogP contribution is -2.48. The first-order valence-electron chi connectivity index (χ1n) is 9.54. The number of nitrogens with zero attached hydrogens (tertiary/aromatic N) is 1. The predicted molar refractivity (Wildman–Crippen MR) is 105 cm³/mol. The Morgan fingerprint density at radius 3 is 2.71 bits per heavy atom. The summed E-state index contributed by atoms with van der Waals surface area (Å²) in [6, 6.07) is 13.3. The van der Waals surface area contributed by atoms with Gasteiger partial charge in [-0.2, -0.15) is 0 Å². The summed E-state index contributed by atoms with van der Waals surface area (Å²) < 4.78 is 19.2. The third-order valence-electron chi connectivity index (χ3n) is 4.86. The molecule has 1 amide bonds. The average molecular weight is 384 g/mol. The van der Waals surface area contributed by atoms with E-state index in [9.17, 15) is 14.0 Å². The minimum absolute atomic E-state index is 0.0148. The maximum absolute atomic E-state index is 13.6. The van der Waals surface area contributed by atoms with Crippen LogP contribution >= 0.6 is 0 Å². The first-order chi connectivity index (χ1) is 13.5. The number of hydrogen-bond donors (Lipinski definition) is 1. The monoisotopic (exact) mass is 384 g/mol. The molecular formula is C22H25FN2O3. The van der Waals surface area contributed by atoms with Crippen LogP contribution in [0.1, 0.15) is 41.7 Å². The molecule has 1 atom stereocenters. The van der Waals surface area contributed by atoms with Crippen LogP contribution in [0.2, 0.25) is 0 Å². The van der Waals surface area contributed by atoms with Gasteiger partial charge in [-0.15, -0.1) is 0 Å². The molecule has 0 aliphatic carbocycles. The minimum Gasteiger partial charge on any atom is -0.494 e. The largest absolute Gasteiger partial charge is 0.494 e. The van der Waals surface area contributed by atoms with Gasteiger partial charge in [-0.25, -0.2) is 4.39 Å². The zero-order valence-corrected chi connectivity index (χ0v) is 16.0. The summed E-state index contributed by atoms with van der Waals surface area (Å²) in [5, 5.41) is 3.27. The van der Waals surface area contributed by atoms with Crippen molar-refractivity contribution in [3.05, 3.63) is 65.5 Å². The van der Waals surface area contributed by atoms with Gasteiger partial charge in [0.1, 0.15) is 11.6 Å².